The van der Waals surface area contributed by atoms with Crippen LogP contribution in [0.15, 0.2) is 51.9 Å². The van der Waals surface area contributed by atoms with E-state index in [0.717, 1.165) is 16.7 Å². The molecule has 0 saturated carbocycles. The molecule has 2 aromatic carbocycles. The molecule has 22 heavy (non-hydrogen) atoms. The van der Waals surface area contributed by atoms with Crippen LogP contribution in [0.25, 0.3) is 0 Å². The minimum atomic E-state index is 0.237. The zero-order valence-corrected chi connectivity index (χ0v) is 14.0. The number of aromatic hydroxyl groups is 1. The predicted molar refractivity (Wildman–Crippen MR) is 93.1 cm³/mol. The number of quaternary nitrogens is 1. The number of likely N-dealkylation sites (tertiary alicyclic amines) is 1. The van der Waals surface area contributed by atoms with E-state index in [1.165, 1.54) is 31.5 Å². The van der Waals surface area contributed by atoms with E-state index < -0.39 is 0 Å². The number of aliphatic imine (C=N–C) groups is 1. The molecule has 4 heteroatoms. The second-order valence-electron chi connectivity index (χ2n) is 5.76. The third-order valence-electron chi connectivity index (χ3n) is 4.04. The third-order valence-corrected chi connectivity index (χ3v) is 4.54. The van der Waals surface area contributed by atoms with Gasteiger partial charge in [-0.05, 0) is 30.3 Å². The van der Waals surface area contributed by atoms with Gasteiger partial charge in [-0.15, -0.1) is 0 Å². The highest BCUT2D eigenvalue weighted by Gasteiger charge is 2.15. The van der Waals surface area contributed by atoms with Crippen LogP contribution in [0.5, 0.6) is 5.75 Å². The van der Waals surface area contributed by atoms with Gasteiger partial charge in [0, 0.05) is 34.7 Å². The summed E-state index contributed by atoms with van der Waals surface area (Å²) in [6.45, 7) is 3.69. The Morgan fingerprint density at radius 1 is 1.09 bits per heavy atom. The molecule has 0 radical (unpaired) electrons. The van der Waals surface area contributed by atoms with Gasteiger partial charge in [-0.2, -0.15) is 0 Å². The highest BCUT2D eigenvalue weighted by Crippen LogP contribution is 2.21. The summed E-state index contributed by atoms with van der Waals surface area (Å²) in [5.74, 6) is 0.237. The summed E-state index contributed by atoms with van der Waals surface area (Å²) in [5, 5.41) is 9.80. The Balaban J connectivity index is 1.67. The zero-order chi connectivity index (χ0) is 15.4. The molecule has 0 aliphatic carbocycles. The molecular weight excluding hydrogens is 340 g/mol. The lowest BCUT2D eigenvalue weighted by Gasteiger charge is -2.11. The highest BCUT2D eigenvalue weighted by molar-refractivity contribution is 9.10. The molecule has 0 atom stereocenters. The van der Waals surface area contributed by atoms with Crippen LogP contribution in [0.1, 0.15) is 24.0 Å². The fourth-order valence-electron chi connectivity index (χ4n) is 2.81. The van der Waals surface area contributed by atoms with Crippen molar-refractivity contribution < 1.29 is 10.0 Å². The Morgan fingerprint density at radius 3 is 2.55 bits per heavy atom. The first-order chi connectivity index (χ1) is 10.7. The minimum Gasteiger partial charge on any atom is -0.507 e. The van der Waals surface area contributed by atoms with Gasteiger partial charge in [-0.25, -0.2) is 0 Å². The van der Waals surface area contributed by atoms with Crippen molar-refractivity contribution in [2.24, 2.45) is 4.99 Å². The SMILES string of the molecule is Oc1ccc(Br)cc1C=Nc1ccc(C[NH+]2CCCC2)cc1. The Morgan fingerprint density at radius 2 is 1.82 bits per heavy atom. The lowest BCUT2D eigenvalue weighted by Crippen LogP contribution is -3.08. The van der Waals surface area contributed by atoms with Crippen molar-refractivity contribution in [3.63, 3.8) is 0 Å². The number of hydrogen-bond acceptors (Lipinski definition) is 2. The fourth-order valence-corrected chi connectivity index (χ4v) is 3.19. The van der Waals surface area contributed by atoms with Crippen LogP contribution in [0.2, 0.25) is 0 Å². The van der Waals surface area contributed by atoms with E-state index in [0.29, 0.717) is 5.56 Å². The van der Waals surface area contributed by atoms with E-state index >= 15 is 0 Å². The predicted octanol–water partition coefficient (Wildman–Crippen LogP) is 3.08. The Bertz CT molecular complexity index is 661. The monoisotopic (exact) mass is 359 g/mol. The average molecular weight is 360 g/mol. The maximum atomic E-state index is 9.80. The highest BCUT2D eigenvalue weighted by atomic mass is 79.9. The summed E-state index contributed by atoms with van der Waals surface area (Å²) in [4.78, 5) is 6.11. The molecule has 0 spiro atoms. The topological polar surface area (TPSA) is 37.0 Å². The molecule has 1 heterocycles. The third kappa shape index (κ3) is 3.96. The number of phenols is 1. The van der Waals surface area contributed by atoms with Gasteiger partial charge in [0.15, 0.2) is 0 Å². The number of halogens is 1. The lowest BCUT2D eigenvalue weighted by atomic mass is 10.2. The first-order valence-electron chi connectivity index (χ1n) is 7.66. The molecule has 0 unspecified atom stereocenters. The molecule has 3 rings (SSSR count). The van der Waals surface area contributed by atoms with E-state index in [2.05, 4.69) is 33.1 Å². The molecule has 1 aliphatic heterocycles. The molecular formula is C18H20BrN2O+. The lowest BCUT2D eigenvalue weighted by molar-refractivity contribution is -0.901. The Hall–Kier alpha value is -1.65. The Kier molecular flexibility index (Phi) is 4.90. The van der Waals surface area contributed by atoms with Crippen LogP contribution in [0.4, 0.5) is 5.69 Å². The Labute approximate surface area is 139 Å². The number of hydrogen-bond donors (Lipinski definition) is 2. The van der Waals surface area contributed by atoms with Gasteiger partial charge in [0.25, 0.3) is 0 Å². The molecule has 1 fully saturated rings. The molecule has 114 valence electrons. The van der Waals surface area contributed by atoms with Crippen molar-refractivity contribution in [1.29, 1.82) is 0 Å². The molecule has 1 aliphatic rings. The normalized spacial score (nSPS) is 15.7. The first kappa shape index (κ1) is 15.3. The van der Waals surface area contributed by atoms with Gasteiger partial charge in [-0.1, -0.05) is 28.1 Å². The maximum Gasteiger partial charge on any atom is 0.124 e. The molecule has 0 aromatic heterocycles. The second kappa shape index (κ2) is 7.07. The van der Waals surface area contributed by atoms with E-state index in [1.807, 2.05) is 24.3 Å². The summed E-state index contributed by atoms with van der Waals surface area (Å²) in [7, 11) is 0. The first-order valence-corrected chi connectivity index (χ1v) is 8.45. The summed E-state index contributed by atoms with van der Waals surface area (Å²) in [6.07, 6.45) is 4.41. The van der Waals surface area contributed by atoms with E-state index in [1.54, 1.807) is 17.2 Å². The van der Waals surface area contributed by atoms with Crippen LogP contribution in [-0.2, 0) is 6.54 Å². The molecule has 3 nitrogen and oxygen atoms in total. The van der Waals surface area contributed by atoms with Crippen LogP contribution < -0.4 is 4.90 Å². The van der Waals surface area contributed by atoms with Crippen molar-refractivity contribution in [3.05, 3.63) is 58.1 Å². The van der Waals surface area contributed by atoms with Gasteiger partial charge < -0.3 is 10.0 Å². The zero-order valence-electron chi connectivity index (χ0n) is 12.4. The molecule has 0 amide bonds. The van der Waals surface area contributed by atoms with Crippen LogP contribution in [0, 0.1) is 0 Å². The summed E-state index contributed by atoms with van der Waals surface area (Å²) >= 11 is 3.40. The van der Waals surface area contributed by atoms with E-state index in [4.69, 9.17) is 0 Å². The summed E-state index contributed by atoms with van der Waals surface area (Å²) < 4.78 is 0.927. The standard InChI is InChI=1S/C18H19BrN2O/c19-16-5-8-18(22)15(11-16)12-20-17-6-3-14(4-7-17)13-21-9-1-2-10-21/h3-8,11-12,22H,1-2,9-10,13H2/p+1. The largest absolute Gasteiger partial charge is 0.507 e. The maximum absolute atomic E-state index is 9.80. The molecule has 0 bridgehead atoms. The second-order valence-corrected chi connectivity index (χ2v) is 6.68. The number of benzene rings is 2. The molecule has 2 N–H and O–H groups in total. The van der Waals surface area contributed by atoms with Gasteiger partial charge >= 0.3 is 0 Å². The van der Waals surface area contributed by atoms with Crippen molar-refractivity contribution >= 4 is 27.8 Å². The number of nitrogens with zero attached hydrogens (tertiary/aromatic N) is 1. The number of phenolic OH excluding ortho intramolecular Hbond substituents is 1. The van der Waals surface area contributed by atoms with Gasteiger partial charge in [0.2, 0.25) is 0 Å². The van der Waals surface area contributed by atoms with Crippen molar-refractivity contribution in [3.8, 4) is 5.75 Å². The number of rotatable bonds is 4. The van der Waals surface area contributed by atoms with Gasteiger partial charge in [0.1, 0.15) is 12.3 Å². The van der Waals surface area contributed by atoms with E-state index in [-0.39, 0.29) is 5.75 Å². The molecule has 1 saturated heterocycles. The van der Waals surface area contributed by atoms with Crippen molar-refractivity contribution in [2.75, 3.05) is 13.1 Å². The van der Waals surface area contributed by atoms with Crippen LogP contribution in [-0.4, -0.2) is 24.4 Å². The van der Waals surface area contributed by atoms with Crippen LogP contribution >= 0.6 is 15.9 Å². The summed E-state index contributed by atoms with van der Waals surface area (Å²) in [5.41, 5.74) is 2.97. The van der Waals surface area contributed by atoms with E-state index in [9.17, 15) is 5.11 Å². The smallest absolute Gasteiger partial charge is 0.124 e. The van der Waals surface area contributed by atoms with Crippen LogP contribution in [0.3, 0.4) is 0 Å². The van der Waals surface area contributed by atoms with Gasteiger partial charge in [-0.3, -0.25) is 4.99 Å². The summed E-state index contributed by atoms with van der Waals surface area (Å²) in [6, 6.07) is 13.7. The number of nitrogens with one attached hydrogen (secondary N) is 1. The molecule has 2 aromatic rings. The van der Waals surface area contributed by atoms with Crippen molar-refractivity contribution in [1.82, 2.24) is 0 Å². The average Bonchev–Trinajstić information content (AvgIpc) is 3.03. The quantitative estimate of drug-likeness (QED) is 0.808. The minimum absolute atomic E-state index is 0.237. The van der Waals surface area contributed by atoms with Crippen molar-refractivity contribution in [2.45, 2.75) is 19.4 Å². The fraction of sp³-hybridized carbons (Fsp3) is 0.278. The van der Waals surface area contributed by atoms with Gasteiger partial charge in [0.05, 0.1) is 18.8 Å².